The maximum Gasteiger partial charge on any atom is 0.234 e. The molecule has 310 valence electrons. The van der Waals surface area contributed by atoms with E-state index in [1.54, 1.807) is 24.8 Å². The summed E-state index contributed by atoms with van der Waals surface area (Å²) in [4.78, 5) is 20.5. The number of nitrogens with one attached hydrogen (secondary N) is 1. The largest absolute Gasteiger partial charge is 0.355 e. The van der Waals surface area contributed by atoms with E-state index in [1.807, 2.05) is 5.83 Å². The second-order valence-corrected chi connectivity index (χ2v) is 21.6. The molecule has 8 rings (SSSR count). The Kier molecular flexibility index (Phi) is 14.6. The summed E-state index contributed by atoms with van der Waals surface area (Å²) in [5, 5.41) is 5.17. The van der Waals surface area contributed by atoms with Gasteiger partial charge in [-0.1, -0.05) is 123 Å². The molecule has 59 heavy (non-hydrogen) atoms. The van der Waals surface area contributed by atoms with Gasteiger partial charge in [0.05, 0.1) is 20.0 Å². The first-order chi connectivity index (χ1) is 27.5. The fraction of sp³-hybridized carbons (Fsp3) is 0.347. The number of halogens is 4. The monoisotopic (exact) mass is 1090 g/mol. The molecule has 0 spiro atoms. The number of H-pyrrole nitrogens is 1. The van der Waals surface area contributed by atoms with Crippen molar-refractivity contribution in [3.8, 4) is 5.95 Å². The molecule has 0 atom stereocenters. The minimum atomic E-state index is 0.0956. The predicted molar refractivity (Wildman–Crippen MR) is 272 cm³/mol. The molecule has 8 aromatic rings. The molecular formula is C49H56Br3IN6. The highest BCUT2D eigenvalue weighted by Crippen LogP contribution is 2.37. The molecule has 0 unspecified atom stereocenters. The molecule has 0 bridgehead atoms. The van der Waals surface area contributed by atoms with E-state index in [-0.39, 0.29) is 21.7 Å². The van der Waals surface area contributed by atoms with Crippen LogP contribution < -0.4 is 0 Å². The average Bonchev–Trinajstić information content (AvgIpc) is 3.70. The molecule has 4 aromatic heterocycles. The Labute approximate surface area is 389 Å². The van der Waals surface area contributed by atoms with E-state index >= 15 is 0 Å². The molecule has 10 heteroatoms. The molecule has 0 radical (unpaired) electrons. The third-order valence-corrected chi connectivity index (χ3v) is 11.6. The Balaban J connectivity index is 0.000000187. The van der Waals surface area contributed by atoms with Gasteiger partial charge in [0.2, 0.25) is 5.95 Å². The fourth-order valence-corrected chi connectivity index (χ4v) is 7.41. The summed E-state index contributed by atoms with van der Waals surface area (Å²) >= 11 is 11.6. The van der Waals surface area contributed by atoms with E-state index in [9.17, 15) is 0 Å². The van der Waals surface area contributed by atoms with Crippen LogP contribution in [-0.2, 0) is 21.7 Å². The Bertz CT molecular complexity index is 2530. The first-order valence-corrected chi connectivity index (χ1v) is 23.9. The van der Waals surface area contributed by atoms with Gasteiger partial charge in [0.15, 0.2) is 3.83 Å². The lowest BCUT2D eigenvalue weighted by molar-refractivity contribution is 0.590. The van der Waals surface area contributed by atoms with Crippen molar-refractivity contribution in [2.75, 3.05) is 5.83 Å². The van der Waals surface area contributed by atoms with Crippen LogP contribution in [0.1, 0.15) is 105 Å². The summed E-state index contributed by atoms with van der Waals surface area (Å²) in [6, 6.07) is 27.1. The fourth-order valence-electron chi connectivity index (χ4n) is 6.72. The minimum Gasteiger partial charge on any atom is -0.355 e. The van der Waals surface area contributed by atoms with Gasteiger partial charge in [-0.15, -0.1) is 0 Å². The molecule has 1 N–H and O–H groups in total. The lowest BCUT2D eigenvalue weighted by Gasteiger charge is -2.19. The number of aromatic amines is 1. The number of fused-ring (bicyclic) bond motifs is 6. The zero-order valence-corrected chi connectivity index (χ0v) is 43.4. The topological polar surface area (TPSA) is 72.3 Å². The molecule has 0 fully saturated rings. The molecule has 0 saturated heterocycles. The molecule has 0 saturated carbocycles. The van der Waals surface area contributed by atoms with Crippen LogP contribution >= 0.6 is 70.4 Å². The second-order valence-electron chi connectivity index (χ2n) is 18.8. The van der Waals surface area contributed by atoms with Gasteiger partial charge in [-0.25, -0.2) is 19.9 Å². The van der Waals surface area contributed by atoms with Gasteiger partial charge < -0.3 is 4.98 Å². The highest BCUT2D eigenvalue weighted by atomic mass is 127. The maximum atomic E-state index is 4.57. The highest BCUT2D eigenvalue weighted by molar-refractivity contribution is 14.1. The Hall–Kier alpha value is -3.19. The number of alkyl halides is 1. The predicted octanol–water partition coefficient (Wildman–Crippen LogP) is 15.7. The average molecular weight is 1100 g/mol. The van der Waals surface area contributed by atoms with E-state index < -0.39 is 0 Å². The van der Waals surface area contributed by atoms with Crippen molar-refractivity contribution in [2.45, 2.75) is 105 Å². The van der Waals surface area contributed by atoms with Crippen LogP contribution in [0.4, 0.5) is 0 Å². The zero-order chi connectivity index (χ0) is 43.7. The Morgan fingerprint density at radius 2 is 0.763 bits per heavy atom. The van der Waals surface area contributed by atoms with E-state index in [1.165, 1.54) is 54.8 Å². The Morgan fingerprint density at radius 3 is 1.08 bits per heavy atom. The summed E-state index contributed by atoms with van der Waals surface area (Å²) in [6.07, 6.45) is 7.03. The van der Waals surface area contributed by atoms with Crippen LogP contribution in [0.15, 0.2) is 107 Å². The lowest BCUT2D eigenvalue weighted by atomic mass is 9.85. The first kappa shape index (κ1) is 46.9. The minimum absolute atomic E-state index is 0.0956. The van der Waals surface area contributed by atoms with Crippen LogP contribution in [0.3, 0.4) is 0 Å². The summed E-state index contributed by atoms with van der Waals surface area (Å²) < 4.78 is 4.72. The van der Waals surface area contributed by atoms with E-state index in [0.717, 1.165) is 23.8 Å². The molecular weight excluding hydrogens is 1040 g/mol. The van der Waals surface area contributed by atoms with Crippen molar-refractivity contribution in [1.82, 2.24) is 29.5 Å². The normalized spacial score (nSPS) is 12.2. The highest BCUT2D eigenvalue weighted by Gasteiger charge is 2.22. The van der Waals surface area contributed by atoms with E-state index in [2.05, 4.69) is 256 Å². The zero-order valence-electron chi connectivity index (χ0n) is 36.5. The summed E-state index contributed by atoms with van der Waals surface area (Å²) in [5.74, 6) is 2.50. The number of hydrogen-bond donors (Lipinski definition) is 1. The van der Waals surface area contributed by atoms with Gasteiger partial charge in [0, 0.05) is 80.0 Å². The van der Waals surface area contributed by atoms with Gasteiger partial charge >= 0.3 is 0 Å². The van der Waals surface area contributed by atoms with Crippen molar-refractivity contribution >= 4 is 114 Å². The number of aromatic nitrogens is 6. The summed E-state index contributed by atoms with van der Waals surface area (Å²) in [5.41, 5.74) is 10.7. The molecule has 0 aliphatic rings. The summed E-state index contributed by atoms with van der Waals surface area (Å²) in [6.45, 7) is 27.1. The number of hydrogen-bond acceptors (Lipinski definition) is 4. The Morgan fingerprint density at radius 1 is 0.458 bits per heavy atom. The smallest absolute Gasteiger partial charge is 0.234 e. The van der Waals surface area contributed by atoms with Crippen molar-refractivity contribution in [1.29, 1.82) is 0 Å². The van der Waals surface area contributed by atoms with Gasteiger partial charge in [0.1, 0.15) is 0 Å². The third kappa shape index (κ3) is 11.2. The summed E-state index contributed by atoms with van der Waals surface area (Å²) in [7, 11) is 0. The second kappa shape index (κ2) is 18.4. The quantitative estimate of drug-likeness (QED) is 0.101. The maximum absolute atomic E-state index is 4.57. The van der Waals surface area contributed by atoms with Gasteiger partial charge in [-0.05, 0) is 130 Å². The van der Waals surface area contributed by atoms with Crippen LogP contribution in [0.5, 0.6) is 0 Å². The van der Waals surface area contributed by atoms with Crippen molar-refractivity contribution in [3.05, 3.63) is 133 Å². The van der Waals surface area contributed by atoms with Crippen molar-refractivity contribution in [3.63, 3.8) is 0 Å². The number of rotatable bonds is 1. The standard InChI is InChI=1S/C24H26BrN3.C20H25N.C4H2BrIN2.CH3Br/c1-23(2,3)15-7-9-20-18(11-15)19-12-16(24(4,5)6)8-10-21(19)28(20)22-26-13-17(25)14-27-22;1-19(2,3)13-7-9-17-15(11-13)16-12-14(20(4,5)6)8-10-18(16)21-17;5-3-1-7-4(6)8-2-3;1-2/h7-14H,1-6H3;7-12,21H,1-6H3;1-2H;1H3. The van der Waals surface area contributed by atoms with Crippen molar-refractivity contribution < 1.29 is 0 Å². The molecule has 0 amide bonds. The number of nitrogens with zero attached hydrogens (tertiary/aromatic N) is 5. The first-order valence-electron chi connectivity index (χ1n) is 19.6. The van der Waals surface area contributed by atoms with Gasteiger partial charge in [0.25, 0.3) is 0 Å². The van der Waals surface area contributed by atoms with Crippen molar-refractivity contribution in [2.24, 2.45) is 0 Å². The molecule has 0 aliphatic carbocycles. The third-order valence-electron chi connectivity index (χ3n) is 10.2. The van der Waals surface area contributed by atoms with Gasteiger partial charge in [-0.3, -0.25) is 4.57 Å². The van der Waals surface area contributed by atoms with E-state index in [4.69, 9.17) is 0 Å². The van der Waals surface area contributed by atoms with Gasteiger partial charge in [-0.2, -0.15) is 0 Å². The SMILES string of the molecule is Brc1cnc(I)nc1.CBr.CC(C)(C)c1ccc2[nH]c3ccc(C(C)(C)C)cc3c2c1.CC(C)(C)c1ccc2c(c1)c1cc(C(C)(C)C)ccc1n2-c1ncc(Br)cn1. The van der Waals surface area contributed by atoms with E-state index in [0.29, 0.717) is 5.95 Å². The van der Waals surface area contributed by atoms with Crippen LogP contribution in [0, 0.1) is 3.83 Å². The molecule has 4 aromatic carbocycles. The van der Waals surface area contributed by atoms with Crippen LogP contribution in [0.2, 0.25) is 0 Å². The molecule has 6 nitrogen and oxygen atoms in total. The molecule has 0 aliphatic heterocycles. The lowest BCUT2D eigenvalue weighted by Crippen LogP contribution is -2.10. The molecule has 4 heterocycles. The van der Waals surface area contributed by atoms with Crippen LogP contribution in [0.25, 0.3) is 49.6 Å². The number of benzene rings is 4. The van der Waals surface area contributed by atoms with Crippen LogP contribution in [-0.4, -0.2) is 35.3 Å².